The van der Waals surface area contributed by atoms with E-state index in [9.17, 15) is 9.59 Å². The minimum atomic E-state index is -1.07. The summed E-state index contributed by atoms with van der Waals surface area (Å²) in [7, 11) is 1.44. The minimum absolute atomic E-state index is 0.124. The molecule has 0 aliphatic rings. The summed E-state index contributed by atoms with van der Waals surface area (Å²) in [4.78, 5) is 20.4. The molecule has 0 spiro atoms. The highest BCUT2D eigenvalue weighted by molar-refractivity contribution is 5.68. The maximum absolute atomic E-state index is 10.4. The average Bonchev–Trinajstić information content (AvgIpc) is 2.34. The molecule has 92 valence electrons. The van der Waals surface area contributed by atoms with Crippen LogP contribution in [0.4, 0.5) is 0 Å². The van der Waals surface area contributed by atoms with Crippen LogP contribution < -0.4 is 9.47 Å². The molecule has 1 rings (SSSR count). The zero-order valence-corrected chi connectivity index (χ0v) is 9.21. The highest BCUT2D eigenvalue weighted by atomic mass is 16.5. The molecule has 0 aliphatic carbocycles. The first-order chi connectivity index (χ1) is 8.17. The number of carbonyl (C=O) groups is 2. The molecule has 0 fully saturated rings. The summed E-state index contributed by atoms with van der Waals surface area (Å²) in [6, 6.07) is 4.83. The molecule has 0 saturated carbocycles. The van der Waals surface area contributed by atoms with Crippen LogP contribution in [0.5, 0.6) is 11.5 Å². The number of rotatable bonds is 7. The molecule has 1 aromatic carbocycles. The molecule has 1 aromatic rings. The van der Waals surface area contributed by atoms with Crippen LogP contribution in [0.25, 0.3) is 0 Å². The van der Waals surface area contributed by atoms with Crippen LogP contribution >= 0.6 is 0 Å². The van der Waals surface area contributed by atoms with Gasteiger partial charge in [0.15, 0.2) is 18.1 Å². The van der Waals surface area contributed by atoms with Crippen LogP contribution in [0, 0.1) is 0 Å². The van der Waals surface area contributed by atoms with E-state index in [2.05, 4.69) is 4.74 Å². The average molecular weight is 240 g/mol. The predicted molar refractivity (Wildman–Crippen MR) is 57.0 cm³/mol. The van der Waals surface area contributed by atoms with Gasteiger partial charge in [0.05, 0.1) is 7.11 Å². The Hall–Kier alpha value is -2.24. The molecular formula is C11H12O6. The second-order valence-electron chi connectivity index (χ2n) is 3.07. The summed E-state index contributed by atoms with van der Waals surface area (Å²) >= 11 is 0. The van der Waals surface area contributed by atoms with Gasteiger partial charge in [-0.25, -0.2) is 4.79 Å². The number of carboxylic acids is 1. The van der Waals surface area contributed by atoms with Gasteiger partial charge in [-0.15, -0.1) is 0 Å². The van der Waals surface area contributed by atoms with E-state index < -0.39 is 12.6 Å². The zero-order chi connectivity index (χ0) is 12.7. The number of methoxy groups -OCH3 is 1. The van der Waals surface area contributed by atoms with Crippen LogP contribution in [-0.4, -0.2) is 31.3 Å². The Morgan fingerprint density at radius 2 is 2.18 bits per heavy atom. The largest absolute Gasteiger partial charge is 0.493 e. The number of carbonyl (C=O) groups excluding carboxylic acids is 1. The first-order valence-electron chi connectivity index (χ1n) is 4.74. The van der Waals surface area contributed by atoms with Crippen molar-refractivity contribution in [2.45, 2.75) is 6.61 Å². The van der Waals surface area contributed by atoms with Crippen LogP contribution in [0.3, 0.4) is 0 Å². The van der Waals surface area contributed by atoms with Gasteiger partial charge in [0.25, 0.3) is 6.47 Å². The summed E-state index contributed by atoms with van der Waals surface area (Å²) in [6.07, 6.45) is 0. The van der Waals surface area contributed by atoms with Crippen molar-refractivity contribution >= 4 is 12.4 Å². The summed E-state index contributed by atoms with van der Waals surface area (Å²) in [5.41, 5.74) is 0.719. The molecule has 0 unspecified atom stereocenters. The van der Waals surface area contributed by atoms with Crippen molar-refractivity contribution < 1.29 is 28.9 Å². The summed E-state index contributed by atoms with van der Waals surface area (Å²) in [6.45, 7) is 0.0287. The molecule has 17 heavy (non-hydrogen) atoms. The van der Waals surface area contributed by atoms with Gasteiger partial charge in [-0.1, -0.05) is 6.07 Å². The van der Waals surface area contributed by atoms with Gasteiger partial charge in [0, 0.05) is 0 Å². The smallest absolute Gasteiger partial charge is 0.341 e. The Morgan fingerprint density at radius 1 is 1.41 bits per heavy atom. The molecule has 0 saturated heterocycles. The van der Waals surface area contributed by atoms with Crippen LogP contribution in [0.2, 0.25) is 0 Å². The summed E-state index contributed by atoms with van der Waals surface area (Å²) in [5.74, 6) is -0.358. The van der Waals surface area contributed by atoms with Gasteiger partial charge in [-0.3, -0.25) is 4.79 Å². The number of aliphatic carboxylic acids is 1. The lowest BCUT2D eigenvalue weighted by atomic mass is 10.2. The molecule has 0 amide bonds. The van der Waals surface area contributed by atoms with Crippen LogP contribution in [0.1, 0.15) is 5.56 Å². The van der Waals surface area contributed by atoms with Crippen molar-refractivity contribution in [3.05, 3.63) is 23.8 Å². The lowest BCUT2D eigenvalue weighted by Gasteiger charge is -2.10. The molecule has 1 N–H and O–H groups in total. The molecule has 0 atom stereocenters. The predicted octanol–water partition coefficient (Wildman–Crippen LogP) is 0.832. The number of hydrogen-bond donors (Lipinski definition) is 1. The fourth-order valence-corrected chi connectivity index (χ4v) is 1.19. The standard InChI is InChI=1S/C11H12O6/c1-15-10-4-8(5-16-7-12)2-3-9(10)17-6-11(13)14/h2-4,7H,5-6H2,1H3,(H,13,14). The molecule has 0 aliphatic heterocycles. The lowest BCUT2D eigenvalue weighted by molar-refractivity contribution is -0.139. The number of carboxylic acid groups (broad SMARTS) is 1. The van der Waals surface area contributed by atoms with Crippen molar-refractivity contribution in [2.24, 2.45) is 0 Å². The molecule has 0 aromatic heterocycles. The Balaban J connectivity index is 2.77. The molecular weight excluding hydrogens is 228 g/mol. The highest BCUT2D eigenvalue weighted by Gasteiger charge is 2.07. The van der Waals surface area contributed by atoms with E-state index in [-0.39, 0.29) is 6.61 Å². The fourth-order valence-electron chi connectivity index (χ4n) is 1.19. The van der Waals surface area contributed by atoms with E-state index in [0.29, 0.717) is 18.0 Å². The van der Waals surface area contributed by atoms with E-state index in [4.69, 9.17) is 14.6 Å². The quantitative estimate of drug-likeness (QED) is 0.711. The van der Waals surface area contributed by atoms with Gasteiger partial charge in [0.2, 0.25) is 0 Å². The Kier molecular flexibility index (Phi) is 4.80. The SMILES string of the molecule is COc1cc(COC=O)ccc1OCC(=O)O. The molecule has 6 heteroatoms. The van der Waals surface area contributed by atoms with E-state index in [1.807, 2.05) is 0 Å². The summed E-state index contributed by atoms with van der Waals surface area (Å²) in [5, 5.41) is 8.48. The van der Waals surface area contributed by atoms with Crippen molar-refractivity contribution in [1.82, 2.24) is 0 Å². The van der Waals surface area contributed by atoms with Gasteiger partial charge in [-0.05, 0) is 17.7 Å². The maximum atomic E-state index is 10.4. The lowest BCUT2D eigenvalue weighted by Crippen LogP contribution is -2.10. The van der Waals surface area contributed by atoms with Gasteiger partial charge < -0.3 is 19.3 Å². The molecule has 0 radical (unpaired) electrons. The number of benzene rings is 1. The molecule has 0 heterocycles. The van der Waals surface area contributed by atoms with Crippen LogP contribution in [-0.2, 0) is 20.9 Å². The Bertz CT molecular complexity index is 401. The van der Waals surface area contributed by atoms with Gasteiger partial charge in [-0.2, -0.15) is 0 Å². The Labute approximate surface area is 97.7 Å². The van der Waals surface area contributed by atoms with Gasteiger partial charge in [0.1, 0.15) is 6.61 Å². The number of ether oxygens (including phenoxy) is 3. The van der Waals surface area contributed by atoms with Crippen molar-refractivity contribution in [1.29, 1.82) is 0 Å². The summed E-state index contributed by atoms with van der Waals surface area (Å²) < 4.78 is 14.6. The third-order valence-corrected chi connectivity index (χ3v) is 1.90. The maximum Gasteiger partial charge on any atom is 0.341 e. The monoisotopic (exact) mass is 240 g/mol. The van der Waals surface area contributed by atoms with E-state index in [1.54, 1.807) is 18.2 Å². The van der Waals surface area contributed by atoms with E-state index in [0.717, 1.165) is 5.56 Å². The molecule has 6 nitrogen and oxygen atoms in total. The van der Waals surface area contributed by atoms with Gasteiger partial charge >= 0.3 is 5.97 Å². The normalized spacial score (nSPS) is 9.47. The van der Waals surface area contributed by atoms with Crippen molar-refractivity contribution in [3.8, 4) is 11.5 Å². The minimum Gasteiger partial charge on any atom is -0.493 e. The first kappa shape index (κ1) is 12.8. The second kappa shape index (κ2) is 6.37. The third-order valence-electron chi connectivity index (χ3n) is 1.90. The van der Waals surface area contributed by atoms with Crippen molar-refractivity contribution in [2.75, 3.05) is 13.7 Å². The van der Waals surface area contributed by atoms with Crippen LogP contribution in [0.15, 0.2) is 18.2 Å². The van der Waals surface area contributed by atoms with Crippen molar-refractivity contribution in [3.63, 3.8) is 0 Å². The fraction of sp³-hybridized carbons (Fsp3) is 0.273. The third kappa shape index (κ3) is 4.02. The topological polar surface area (TPSA) is 82.1 Å². The first-order valence-corrected chi connectivity index (χ1v) is 4.74. The Morgan fingerprint density at radius 3 is 2.76 bits per heavy atom. The number of hydrogen-bond acceptors (Lipinski definition) is 5. The van der Waals surface area contributed by atoms with E-state index >= 15 is 0 Å². The second-order valence-corrected chi connectivity index (χ2v) is 3.07. The molecule has 0 bridgehead atoms. The highest BCUT2D eigenvalue weighted by Crippen LogP contribution is 2.28. The zero-order valence-electron chi connectivity index (χ0n) is 9.21. The van der Waals surface area contributed by atoms with E-state index in [1.165, 1.54) is 7.11 Å².